The number of ketones is 1. The molecule has 4 nitrogen and oxygen atoms in total. The maximum Gasteiger partial charge on any atom is 0.219 e. The molecule has 0 spiro atoms. The van der Waals surface area contributed by atoms with Crippen molar-refractivity contribution in [3.8, 4) is 0 Å². The minimum atomic E-state index is -0.0208. The number of aliphatic imine (C=N–C) groups is 1. The summed E-state index contributed by atoms with van der Waals surface area (Å²) in [5.41, 5.74) is 0. The Morgan fingerprint density at radius 3 is 3.09 bits per heavy atom. The first-order chi connectivity index (χ1) is 4.88. The Hall–Kier alpha value is -1.16. The van der Waals surface area contributed by atoms with Crippen LogP contribution >= 0.6 is 12.4 Å². The van der Waals surface area contributed by atoms with Gasteiger partial charge in [-0.1, -0.05) is 0 Å². The Balaban J connectivity index is 0.000000605. The average Bonchev–Trinajstić information content (AvgIpc) is 2.36. The Kier molecular flexibility index (Phi) is 2.05. The Morgan fingerprint density at radius 1 is 1.55 bits per heavy atom. The average molecular weight is 172 g/mol. The summed E-state index contributed by atoms with van der Waals surface area (Å²) in [6, 6.07) is 0. The number of aromatic nitrogens is 2. The molecule has 2 heterocycles. The van der Waals surface area contributed by atoms with Crippen LogP contribution in [0.25, 0.3) is 0 Å². The van der Waals surface area contributed by atoms with Gasteiger partial charge in [-0.2, -0.15) is 0 Å². The molecule has 58 valence electrons. The lowest BCUT2D eigenvalue weighted by Gasteiger charge is -2.03. The number of rotatable bonds is 0. The number of carbonyl (C=O) groups is 1. The fourth-order valence-electron chi connectivity index (χ4n) is 0.905. The predicted octanol–water partition coefficient (Wildman–Crippen LogP) is 0.378. The van der Waals surface area contributed by atoms with E-state index in [0.717, 1.165) is 0 Å². The van der Waals surface area contributed by atoms with Gasteiger partial charge in [0.25, 0.3) is 0 Å². The Morgan fingerprint density at radius 2 is 2.36 bits per heavy atom. The molecule has 0 saturated carbocycles. The number of Topliss-reactive ketones (excluding diaryl/α,β-unsaturated/α-hetero) is 1. The maximum absolute atomic E-state index is 10.9. The first-order valence-corrected chi connectivity index (χ1v) is 2.94. The number of carbonyl (C=O) groups excluding carboxylic acids is 1. The van der Waals surface area contributed by atoms with Crippen molar-refractivity contribution in [2.75, 3.05) is 6.54 Å². The lowest BCUT2D eigenvalue weighted by Crippen LogP contribution is -2.17. The highest BCUT2D eigenvalue weighted by Crippen LogP contribution is 2.00. The molecule has 1 aromatic heterocycles. The normalized spacial score (nSPS) is 14.0. The molecule has 1 aliphatic rings. The van der Waals surface area contributed by atoms with Gasteiger partial charge >= 0.3 is 0 Å². The van der Waals surface area contributed by atoms with Gasteiger partial charge in [0.2, 0.25) is 5.78 Å². The molecule has 0 amide bonds. The van der Waals surface area contributed by atoms with Crippen molar-refractivity contribution in [1.82, 2.24) is 9.55 Å². The minimum Gasteiger partial charge on any atom is -0.289 e. The van der Waals surface area contributed by atoms with Crippen molar-refractivity contribution in [3.63, 3.8) is 0 Å². The number of nitrogens with zero attached hydrogens (tertiary/aromatic N) is 3. The summed E-state index contributed by atoms with van der Waals surface area (Å²) in [5, 5.41) is 0. The fraction of sp³-hybridized carbons (Fsp3) is 0.167. The monoisotopic (exact) mass is 171 g/mol. The first-order valence-electron chi connectivity index (χ1n) is 2.94. The van der Waals surface area contributed by atoms with E-state index in [1.54, 1.807) is 23.3 Å². The quantitative estimate of drug-likeness (QED) is 0.567. The third-order valence-electron chi connectivity index (χ3n) is 1.36. The number of halogens is 1. The SMILES string of the molecule is Cl.O=C1CN=Cn2ccnc21. The van der Waals surface area contributed by atoms with E-state index in [2.05, 4.69) is 9.98 Å². The zero-order valence-corrected chi connectivity index (χ0v) is 6.41. The van der Waals surface area contributed by atoms with E-state index in [4.69, 9.17) is 0 Å². The zero-order chi connectivity index (χ0) is 6.97. The van der Waals surface area contributed by atoms with E-state index in [1.807, 2.05) is 0 Å². The van der Waals surface area contributed by atoms with Crippen LogP contribution in [0.15, 0.2) is 17.4 Å². The van der Waals surface area contributed by atoms with Gasteiger partial charge < -0.3 is 0 Å². The highest BCUT2D eigenvalue weighted by atomic mass is 35.5. The van der Waals surface area contributed by atoms with Crippen LogP contribution < -0.4 is 0 Å². The molecule has 0 aliphatic carbocycles. The smallest absolute Gasteiger partial charge is 0.219 e. The summed E-state index contributed by atoms with van der Waals surface area (Å²) in [7, 11) is 0. The molecule has 0 aromatic carbocycles. The number of fused-ring (bicyclic) bond motifs is 1. The standard InChI is InChI=1S/C6H5N3O.ClH/c10-5-3-7-4-9-2-1-8-6(5)9;/h1-2,4H,3H2;1H. The number of hydrogen-bond acceptors (Lipinski definition) is 3. The predicted molar refractivity (Wildman–Crippen MR) is 42.6 cm³/mol. The van der Waals surface area contributed by atoms with E-state index in [-0.39, 0.29) is 24.7 Å². The van der Waals surface area contributed by atoms with Gasteiger partial charge in [-0.3, -0.25) is 14.4 Å². The van der Waals surface area contributed by atoms with Crippen LogP contribution in [0.2, 0.25) is 0 Å². The molecule has 0 radical (unpaired) electrons. The van der Waals surface area contributed by atoms with E-state index >= 15 is 0 Å². The van der Waals surface area contributed by atoms with Crippen LogP contribution in [-0.2, 0) is 0 Å². The summed E-state index contributed by atoms with van der Waals surface area (Å²) in [4.78, 5) is 18.6. The second-order valence-electron chi connectivity index (χ2n) is 2.04. The minimum absolute atomic E-state index is 0. The molecule has 0 saturated heterocycles. The molecule has 0 atom stereocenters. The van der Waals surface area contributed by atoms with Crippen molar-refractivity contribution >= 4 is 24.5 Å². The fourth-order valence-corrected chi connectivity index (χ4v) is 0.905. The second kappa shape index (κ2) is 2.84. The second-order valence-corrected chi connectivity index (χ2v) is 2.04. The van der Waals surface area contributed by atoms with Crippen molar-refractivity contribution in [3.05, 3.63) is 18.2 Å². The first kappa shape index (κ1) is 7.94. The third kappa shape index (κ3) is 1.17. The Labute approximate surface area is 69.4 Å². The van der Waals surface area contributed by atoms with Crippen LogP contribution in [0.4, 0.5) is 0 Å². The highest BCUT2D eigenvalue weighted by Gasteiger charge is 2.13. The summed E-state index contributed by atoms with van der Waals surface area (Å²) >= 11 is 0. The van der Waals surface area contributed by atoms with Crippen LogP contribution in [0, 0.1) is 0 Å². The number of hydrogen-bond donors (Lipinski definition) is 0. The molecule has 0 bridgehead atoms. The van der Waals surface area contributed by atoms with E-state index in [1.165, 1.54) is 0 Å². The van der Waals surface area contributed by atoms with E-state index in [0.29, 0.717) is 5.82 Å². The highest BCUT2D eigenvalue weighted by molar-refractivity contribution is 5.98. The van der Waals surface area contributed by atoms with Crippen LogP contribution in [0.3, 0.4) is 0 Å². The van der Waals surface area contributed by atoms with Crippen LogP contribution in [0.1, 0.15) is 10.6 Å². The molecule has 2 rings (SSSR count). The van der Waals surface area contributed by atoms with Crippen molar-refractivity contribution in [2.24, 2.45) is 4.99 Å². The maximum atomic E-state index is 10.9. The van der Waals surface area contributed by atoms with Gasteiger partial charge in [0, 0.05) is 12.4 Å². The molecule has 0 fully saturated rings. The molecule has 0 unspecified atom stereocenters. The summed E-state index contributed by atoms with van der Waals surface area (Å²) in [6.07, 6.45) is 4.89. The van der Waals surface area contributed by atoms with Gasteiger partial charge in [0.1, 0.15) is 6.54 Å². The lowest BCUT2D eigenvalue weighted by atomic mass is 10.3. The molecular weight excluding hydrogens is 166 g/mol. The van der Waals surface area contributed by atoms with E-state index < -0.39 is 0 Å². The third-order valence-corrected chi connectivity index (χ3v) is 1.36. The molecular formula is C6H6ClN3O. The zero-order valence-electron chi connectivity index (χ0n) is 5.60. The Bertz CT molecular complexity index is 305. The summed E-state index contributed by atoms with van der Waals surface area (Å²) in [6.45, 7) is 0.233. The molecule has 5 heteroatoms. The van der Waals surface area contributed by atoms with Gasteiger partial charge in [-0.15, -0.1) is 12.4 Å². The van der Waals surface area contributed by atoms with Crippen LogP contribution in [0.5, 0.6) is 0 Å². The van der Waals surface area contributed by atoms with Crippen molar-refractivity contribution < 1.29 is 4.79 Å². The van der Waals surface area contributed by atoms with Gasteiger partial charge in [0.15, 0.2) is 5.82 Å². The molecule has 1 aliphatic heterocycles. The van der Waals surface area contributed by atoms with Gasteiger partial charge in [-0.25, -0.2) is 4.98 Å². The lowest BCUT2D eigenvalue weighted by molar-refractivity contribution is 0.0988. The largest absolute Gasteiger partial charge is 0.289 e. The number of imidazole rings is 1. The van der Waals surface area contributed by atoms with Crippen molar-refractivity contribution in [2.45, 2.75) is 0 Å². The molecule has 11 heavy (non-hydrogen) atoms. The molecule has 0 N–H and O–H groups in total. The summed E-state index contributed by atoms with van der Waals surface area (Å²) in [5.74, 6) is 0.461. The summed E-state index contributed by atoms with van der Waals surface area (Å²) < 4.78 is 1.62. The molecule has 1 aromatic rings. The van der Waals surface area contributed by atoms with Crippen molar-refractivity contribution in [1.29, 1.82) is 0 Å². The van der Waals surface area contributed by atoms with Gasteiger partial charge in [-0.05, 0) is 0 Å². The van der Waals surface area contributed by atoms with E-state index in [9.17, 15) is 4.79 Å². The topological polar surface area (TPSA) is 47.2 Å². The van der Waals surface area contributed by atoms with Gasteiger partial charge in [0.05, 0.1) is 6.34 Å². The van der Waals surface area contributed by atoms with Crippen LogP contribution in [-0.4, -0.2) is 28.2 Å².